The Labute approximate surface area is 159 Å². The van der Waals surface area contributed by atoms with Gasteiger partial charge in [-0.25, -0.2) is 9.97 Å². The maximum atomic E-state index is 12.8. The van der Waals surface area contributed by atoms with E-state index in [0.29, 0.717) is 12.1 Å². The van der Waals surface area contributed by atoms with Crippen molar-refractivity contribution in [3.63, 3.8) is 0 Å². The number of rotatable bonds is 2. The minimum atomic E-state index is -0.0583. The summed E-state index contributed by atoms with van der Waals surface area (Å²) in [6, 6.07) is 11.3. The van der Waals surface area contributed by atoms with Gasteiger partial charge in [0.15, 0.2) is 0 Å². The number of para-hydroxylation sites is 1. The van der Waals surface area contributed by atoms with Gasteiger partial charge in [0.05, 0.1) is 15.2 Å². The summed E-state index contributed by atoms with van der Waals surface area (Å²) in [4.78, 5) is 23.3. The molecule has 128 valence electrons. The molecule has 1 saturated heterocycles. The molecule has 0 aliphatic carbocycles. The lowest BCUT2D eigenvalue weighted by Gasteiger charge is -2.32. The van der Waals surface area contributed by atoms with Crippen LogP contribution in [0.5, 0.6) is 0 Å². The number of amides is 1. The summed E-state index contributed by atoms with van der Waals surface area (Å²) >= 11 is 13.6. The van der Waals surface area contributed by atoms with E-state index >= 15 is 0 Å². The second-order valence-electron chi connectivity index (χ2n) is 6.11. The first-order valence-corrected chi connectivity index (χ1v) is 9.65. The minimum Gasteiger partial charge on any atom is -0.338 e. The second-order valence-corrected chi connectivity index (χ2v) is 7.95. The Balaban J connectivity index is 1.57. The first kappa shape index (κ1) is 16.8. The first-order valence-electron chi connectivity index (χ1n) is 8.08. The highest BCUT2D eigenvalue weighted by atomic mass is 35.5. The number of thiazole rings is 1. The molecular formula is C18H15Cl2N3OS. The van der Waals surface area contributed by atoms with Crippen LogP contribution in [0.4, 0.5) is 0 Å². The quantitative estimate of drug-likeness (QED) is 0.576. The number of likely N-dealkylation sites (tertiary alicyclic amines) is 1. The van der Waals surface area contributed by atoms with E-state index in [2.05, 4.69) is 11.1 Å². The Morgan fingerprint density at radius 1 is 1.16 bits per heavy atom. The molecule has 0 unspecified atom stereocenters. The molecule has 1 amide bonds. The fraction of sp³-hybridized carbons (Fsp3) is 0.278. The maximum absolute atomic E-state index is 12.8. The van der Waals surface area contributed by atoms with Gasteiger partial charge in [0, 0.05) is 24.6 Å². The van der Waals surface area contributed by atoms with Crippen molar-refractivity contribution in [1.29, 1.82) is 0 Å². The van der Waals surface area contributed by atoms with Crippen molar-refractivity contribution in [2.24, 2.45) is 0 Å². The standard InChI is InChI=1S/C18H15Cl2N3OS/c19-15-8-12(9-16(20)22-15)18(24)23-7-3-4-11(10-23)17-21-13-5-1-2-6-14(13)25-17/h1-2,5-6,8-9,11H,3-4,7,10H2/t11-/m0/s1. The molecule has 4 nitrogen and oxygen atoms in total. The number of hydrogen-bond acceptors (Lipinski definition) is 4. The lowest BCUT2D eigenvalue weighted by atomic mass is 9.98. The number of carbonyl (C=O) groups is 1. The molecule has 3 aromatic rings. The molecule has 0 spiro atoms. The number of piperidine rings is 1. The van der Waals surface area contributed by atoms with Crippen LogP contribution in [0, 0.1) is 0 Å². The summed E-state index contributed by atoms with van der Waals surface area (Å²) in [6.45, 7) is 1.40. The van der Waals surface area contributed by atoms with E-state index in [-0.39, 0.29) is 22.1 Å². The Hall–Kier alpha value is -1.69. The lowest BCUT2D eigenvalue weighted by Crippen LogP contribution is -2.39. The maximum Gasteiger partial charge on any atom is 0.254 e. The van der Waals surface area contributed by atoms with Gasteiger partial charge in [-0.15, -0.1) is 11.3 Å². The molecule has 0 saturated carbocycles. The number of carbonyl (C=O) groups excluding carboxylic acids is 1. The fourth-order valence-electron chi connectivity index (χ4n) is 3.20. The van der Waals surface area contributed by atoms with Gasteiger partial charge in [-0.05, 0) is 37.1 Å². The van der Waals surface area contributed by atoms with Gasteiger partial charge < -0.3 is 4.90 Å². The molecule has 3 heterocycles. The zero-order chi connectivity index (χ0) is 17.4. The fourth-order valence-corrected chi connectivity index (χ4v) is 4.75. The molecule has 7 heteroatoms. The molecule has 1 aliphatic rings. The molecule has 2 aromatic heterocycles. The van der Waals surface area contributed by atoms with Crippen molar-refractivity contribution in [2.75, 3.05) is 13.1 Å². The van der Waals surface area contributed by atoms with E-state index in [9.17, 15) is 4.79 Å². The van der Waals surface area contributed by atoms with Crippen LogP contribution in [-0.4, -0.2) is 33.9 Å². The summed E-state index contributed by atoms with van der Waals surface area (Å²) in [6.07, 6.45) is 2.00. The molecule has 0 radical (unpaired) electrons. The average molecular weight is 392 g/mol. The summed E-state index contributed by atoms with van der Waals surface area (Å²) in [5, 5.41) is 1.57. The van der Waals surface area contributed by atoms with E-state index in [4.69, 9.17) is 28.2 Å². The second kappa shape index (κ2) is 6.90. The monoisotopic (exact) mass is 391 g/mol. The van der Waals surface area contributed by atoms with Crippen LogP contribution in [-0.2, 0) is 0 Å². The van der Waals surface area contributed by atoms with Crippen molar-refractivity contribution in [3.05, 3.63) is 57.3 Å². The van der Waals surface area contributed by atoms with E-state index in [1.165, 1.54) is 4.70 Å². The van der Waals surface area contributed by atoms with E-state index < -0.39 is 0 Å². The van der Waals surface area contributed by atoms with Crippen LogP contribution in [0.15, 0.2) is 36.4 Å². The first-order chi connectivity index (χ1) is 12.1. The largest absolute Gasteiger partial charge is 0.338 e. The molecule has 0 N–H and O–H groups in total. The Morgan fingerprint density at radius 2 is 1.92 bits per heavy atom. The number of fused-ring (bicyclic) bond motifs is 1. The zero-order valence-corrected chi connectivity index (χ0v) is 15.6. The van der Waals surface area contributed by atoms with Gasteiger partial charge in [-0.1, -0.05) is 35.3 Å². The highest BCUT2D eigenvalue weighted by Crippen LogP contribution is 2.33. The van der Waals surface area contributed by atoms with Crippen molar-refractivity contribution < 1.29 is 4.79 Å². The number of halogens is 2. The minimum absolute atomic E-state index is 0.0583. The van der Waals surface area contributed by atoms with Gasteiger partial charge in [0.2, 0.25) is 0 Å². The number of nitrogens with zero attached hydrogens (tertiary/aromatic N) is 3. The smallest absolute Gasteiger partial charge is 0.254 e. The van der Waals surface area contributed by atoms with Crippen molar-refractivity contribution >= 4 is 50.7 Å². The summed E-state index contributed by atoms with van der Waals surface area (Å²) in [5.41, 5.74) is 1.51. The number of aromatic nitrogens is 2. The molecule has 1 aromatic carbocycles. The van der Waals surface area contributed by atoms with Gasteiger partial charge in [0.1, 0.15) is 10.3 Å². The SMILES string of the molecule is O=C(c1cc(Cl)nc(Cl)c1)N1CCC[C@H](c2nc3ccccc3s2)C1. The van der Waals surface area contributed by atoms with Gasteiger partial charge in [-0.3, -0.25) is 4.79 Å². The van der Waals surface area contributed by atoms with Crippen LogP contribution >= 0.6 is 34.5 Å². The molecule has 0 bridgehead atoms. The normalized spacial score (nSPS) is 17.8. The summed E-state index contributed by atoms with van der Waals surface area (Å²) in [7, 11) is 0. The third kappa shape index (κ3) is 3.50. The topological polar surface area (TPSA) is 46.1 Å². The van der Waals surface area contributed by atoms with Crippen LogP contribution in [0.25, 0.3) is 10.2 Å². The molecule has 25 heavy (non-hydrogen) atoms. The number of hydrogen-bond donors (Lipinski definition) is 0. The average Bonchev–Trinajstić information content (AvgIpc) is 3.04. The molecule has 4 rings (SSSR count). The van der Waals surface area contributed by atoms with E-state index in [0.717, 1.165) is 29.9 Å². The predicted octanol–water partition coefficient (Wildman–Crippen LogP) is 5.02. The third-order valence-electron chi connectivity index (χ3n) is 4.38. The Bertz CT molecular complexity index is 890. The number of benzene rings is 1. The van der Waals surface area contributed by atoms with Crippen molar-refractivity contribution in [3.8, 4) is 0 Å². The van der Waals surface area contributed by atoms with E-state index in [1.54, 1.807) is 23.5 Å². The van der Waals surface area contributed by atoms with Crippen LogP contribution in [0.2, 0.25) is 10.3 Å². The van der Waals surface area contributed by atoms with Gasteiger partial charge in [0.25, 0.3) is 5.91 Å². The van der Waals surface area contributed by atoms with Crippen LogP contribution in [0.3, 0.4) is 0 Å². The van der Waals surface area contributed by atoms with Crippen molar-refractivity contribution in [2.45, 2.75) is 18.8 Å². The highest BCUT2D eigenvalue weighted by Gasteiger charge is 2.28. The Kier molecular flexibility index (Phi) is 4.63. The summed E-state index contributed by atoms with van der Waals surface area (Å²) in [5.74, 6) is 0.208. The molecular weight excluding hydrogens is 377 g/mol. The summed E-state index contributed by atoms with van der Waals surface area (Å²) < 4.78 is 1.19. The van der Waals surface area contributed by atoms with Crippen LogP contribution in [0.1, 0.15) is 34.1 Å². The van der Waals surface area contributed by atoms with E-state index in [1.807, 2.05) is 23.1 Å². The van der Waals surface area contributed by atoms with Gasteiger partial charge >= 0.3 is 0 Å². The molecule has 1 fully saturated rings. The molecule has 1 atom stereocenters. The van der Waals surface area contributed by atoms with Crippen LogP contribution < -0.4 is 0 Å². The third-order valence-corrected chi connectivity index (χ3v) is 5.96. The van der Waals surface area contributed by atoms with Crippen molar-refractivity contribution in [1.82, 2.24) is 14.9 Å². The van der Waals surface area contributed by atoms with Gasteiger partial charge in [-0.2, -0.15) is 0 Å². The highest BCUT2D eigenvalue weighted by molar-refractivity contribution is 7.18. The molecule has 1 aliphatic heterocycles. The predicted molar refractivity (Wildman–Crippen MR) is 102 cm³/mol. The lowest BCUT2D eigenvalue weighted by molar-refractivity contribution is 0.0707. The zero-order valence-electron chi connectivity index (χ0n) is 13.3. The number of pyridine rings is 1. The Morgan fingerprint density at radius 3 is 2.68 bits per heavy atom.